The lowest BCUT2D eigenvalue weighted by atomic mass is 10.1. The zero-order chi connectivity index (χ0) is 11.4. The molecule has 0 radical (unpaired) electrons. The fraction of sp³-hybridized carbons (Fsp3) is 0.750. The molecule has 0 amide bonds. The maximum absolute atomic E-state index is 4.48. The Morgan fingerprint density at radius 1 is 1.33 bits per heavy atom. The molecule has 0 aliphatic rings. The van der Waals surface area contributed by atoms with Crippen molar-refractivity contribution in [2.75, 3.05) is 5.32 Å². The molecule has 1 aromatic rings. The molecule has 1 N–H and O–H groups in total. The van der Waals surface area contributed by atoms with Crippen molar-refractivity contribution < 1.29 is 0 Å². The summed E-state index contributed by atoms with van der Waals surface area (Å²) in [5.74, 6) is 1.74. The molecule has 0 saturated heterocycles. The lowest BCUT2D eigenvalue weighted by molar-refractivity contribution is 0.517. The summed E-state index contributed by atoms with van der Waals surface area (Å²) >= 11 is 0. The van der Waals surface area contributed by atoms with E-state index in [1.165, 1.54) is 6.42 Å². The summed E-state index contributed by atoms with van der Waals surface area (Å²) in [5, 5.41) is 3.37. The quantitative estimate of drug-likeness (QED) is 0.807. The molecule has 1 rings (SSSR count). The van der Waals surface area contributed by atoms with Gasteiger partial charge >= 0.3 is 0 Å². The molecule has 0 atom stereocenters. The number of imidazole rings is 1. The Balaban J connectivity index is 2.68. The number of aromatic nitrogens is 2. The second-order valence-corrected chi connectivity index (χ2v) is 4.88. The maximum atomic E-state index is 4.48. The smallest absolute Gasteiger partial charge is 0.203 e. The lowest BCUT2D eigenvalue weighted by Crippen LogP contribution is -2.15. The van der Waals surface area contributed by atoms with E-state index < -0.39 is 0 Å². The zero-order valence-corrected chi connectivity index (χ0v) is 10.5. The van der Waals surface area contributed by atoms with Crippen LogP contribution in [0.4, 0.5) is 5.95 Å². The van der Waals surface area contributed by atoms with E-state index in [9.17, 15) is 0 Å². The molecule has 3 nitrogen and oxygen atoms in total. The predicted octanol–water partition coefficient (Wildman–Crippen LogP) is 3.06. The number of hydrogen-bond acceptors (Lipinski definition) is 2. The molecule has 0 aromatic carbocycles. The van der Waals surface area contributed by atoms with Crippen LogP contribution in [0, 0.1) is 12.8 Å². The molecule has 3 heteroatoms. The van der Waals surface area contributed by atoms with Gasteiger partial charge in [0.15, 0.2) is 0 Å². The van der Waals surface area contributed by atoms with Crippen molar-refractivity contribution in [1.29, 1.82) is 0 Å². The maximum Gasteiger partial charge on any atom is 0.203 e. The molecule has 0 fully saturated rings. The summed E-state index contributed by atoms with van der Waals surface area (Å²) in [5.41, 5.74) is 1.09. The fourth-order valence-electron chi connectivity index (χ4n) is 1.49. The first-order valence-electron chi connectivity index (χ1n) is 5.79. The molecule has 86 valence electrons. The topological polar surface area (TPSA) is 29.9 Å². The lowest BCUT2D eigenvalue weighted by Gasteiger charge is -2.12. The number of nitrogens with one attached hydrogen (secondary N) is 1. The van der Waals surface area contributed by atoms with Crippen LogP contribution in [0.25, 0.3) is 0 Å². The van der Waals surface area contributed by atoms with Crippen LogP contribution in [0.1, 0.15) is 39.8 Å². The molecule has 0 unspecified atom stereocenters. The number of nitrogens with zero attached hydrogens (tertiary/aromatic N) is 2. The van der Waals surface area contributed by atoms with E-state index >= 15 is 0 Å². The van der Waals surface area contributed by atoms with E-state index in [1.807, 2.05) is 6.92 Å². The summed E-state index contributed by atoms with van der Waals surface area (Å²) < 4.78 is 2.22. The minimum Gasteiger partial charge on any atom is -0.353 e. The number of rotatable bonds is 5. The molecule has 0 spiro atoms. The highest BCUT2D eigenvalue weighted by atomic mass is 15.2. The van der Waals surface area contributed by atoms with Gasteiger partial charge in [-0.15, -0.1) is 0 Å². The highest BCUT2D eigenvalue weighted by molar-refractivity contribution is 5.29. The normalized spacial score (nSPS) is 11.4. The summed E-state index contributed by atoms with van der Waals surface area (Å²) in [4.78, 5) is 4.48. The van der Waals surface area contributed by atoms with E-state index in [4.69, 9.17) is 0 Å². The van der Waals surface area contributed by atoms with Gasteiger partial charge in [0.1, 0.15) is 0 Å². The van der Waals surface area contributed by atoms with Crippen LogP contribution in [0.5, 0.6) is 0 Å². The monoisotopic (exact) mass is 209 g/mol. The summed E-state index contributed by atoms with van der Waals surface area (Å²) in [7, 11) is 0. The van der Waals surface area contributed by atoms with Crippen LogP contribution in [-0.2, 0) is 6.54 Å². The van der Waals surface area contributed by atoms with Crippen LogP contribution in [0.15, 0.2) is 6.20 Å². The Labute approximate surface area is 92.9 Å². The van der Waals surface area contributed by atoms with Gasteiger partial charge in [-0.05, 0) is 33.1 Å². The second-order valence-electron chi connectivity index (χ2n) is 4.88. The van der Waals surface area contributed by atoms with E-state index in [0.29, 0.717) is 6.04 Å². The largest absolute Gasteiger partial charge is 0.353 e. The molecule has 15 heavy (non-hydrogen) atoms. The zero-order valence-electron chi connectivity index (χ0n) is 10.5. The average molecular weight is 209 g/mol. The number of aryl methyl sites for hydroxylation is 2. The molecule has 0 aliphatic heterocycles. The van der Waals surface area contributed by atoms with Crippen molar-refractivity contribution >= 4 is 5.95 Å². The second kappa shape index (κ2) is 5.19. The van der Waals surface area contributed by atoms with Crippen molar-refractivity contribution in [3.8, 4) is 0 Å². The first-order valence-corrected chi connectivity index (χ1v) is 5.79. The van der Waals surface area contributed by atoms with Gasteiger partial charge in [0.2, 0.25) is 5.95 Å². The average Bonchev–Trinajstić information content (AvgIpc) is 2.41. The Bertz CT molecular complexity index is 300. The first kappa shape index (κ1) is 12.1. The molecule has 1 heterocycles. The predicted molar refractivity (Wildman–Crippen MR) is 65.2 cm³/mol. The molecule has 0 aliphatic carbocycles. The van der Waals surface area contributed by atoms with Gasteiger partial charge in [0.25, 0.3) is 0 Å². The minimum atomic E-state index is 0.435. The van der Waals surface area contributed by atoms with Crippen molar-refractivity contribution in [1.82, 2.24) is 9.55 Å². The molecule has 0 bridgehead atoms. The van der Waals surface area contributed by atoms with Gasteiger partial charge in [-0.25, -0.2) is 4.98 Å². The Hall–Kier alpha value is -0.990. The van der Waals surface area contributed by atoms with Crippen molar-refractivity contribution in [3.05, 3.63) is 11.9 Å². The van der Waals surface area contributed by atoms with Gasteiger partial charge in [-0.2, -0.15) is 0 Å². The summed E-state index contributed by atoms with van der Waals surface area (Å²) in [6.45, 7) is 11.9. The van der Waals surface area contributed by atoms with E-state index in [0.717, 1.165) is 24.1 Å². The highest BCUT2D eigenvalue weighted by Gasteiger charge is 2.06. The van der Waals surface area contributed by atoms with E-state index in [2.05, 4.69) is 48.8 Å². The van der Waals surface area contributed by atoms with Gasteiger partial charge in [-0.3, -0.25) is 0 Å². The summed E-state index contributed by atoms with van der Waals surface area (Å²) in [6.07, 6.45) is 3.32. The van der Waals surface area contributed by atoms with Gasteiger partial charge in [-0.1, -0.05) is 13.8 Å². The molecule has 1 aromatic heterocycles. The Kier molecular flexibility index (Phi) is 4.18. The highest BCUT2D eigenvalue weighted by Crippen LogP contribution is 2.12. The van der Waals surface area contributed by atoms with Crippen molar-refractivity contribution in [3.63, 3.8) is 0 Å². The third-order valence-corrected chi connectivity index (χ3v) is 2.26. The fourth-order valence-corrected chi connectivity index (χ4v) is 1.49. The molecular formula is C12H23N3. The van der Waals surface area contributed by atoms with Gasteiger partial charge < -0.3 is 9.88 Å². The molecule has 0 saturated carbocycles. The third kappa shape index (κ3) is 3.94. The van der Waals surface area contributed by atoms with Crippen LogP contribution in [0.2, 0.25) is 0 Å². The van der Waals surface area contributed by atoms with Crippen LogP contribution in [-0.4, -0.2) is 15.6 Å². The van der Waals surface area contributed by atoms with Crippen LogP contribution in [0.3, 0.4) is 0 Å². The Morgan fingerprint density at radius 3 is 2.53 bits per heavy atom. The first-order chi connectivity index (χ1) is 6.99. The summed E-state index contributed by atoms with van der Waals surface area (Å²) in [6, 6.07) is 0.435. The molecular weight excluding hydrogens is 186 g/mol. The SMILES string of the molecule is Cc1cn(CCC(C)C)c(NC(C)C)n1. The van der Waals surface area contributed by atoms with E-state index in [-0.39, 0.29) is 0 Å². The van der Waals surface area contributed by atoms with Crippen LogP contribution < -0.4 is 5.32 Å². The number of anilines is 1. The van der Waals surface area contributed by atoms with Crippen molar-refractivity contribution in [2.45, 2.75) is 53.6 Å². The standard InChI is InChI=1S/C12H23N3/c1-9(2)6-7-15-8-11(5)14-12(15)13-10(3)4/h8-10H,6-7H2,1-5H3,(H,13,14). The number of hydrogen-bond donors (Lipinski definition) is 1. The van der Waals surface area contributed by atoms with E-state index in [1.54, 1.807) is 0 Å². The third-order valence-electron chi connectivity index (χ3n) is 2.26. The Morgan fingerprint density at radius 2 is 2.00 bits per heavy atom. The van der Waals surface area contributed by atoms with Crippen molar-refractivity contribution in [2.24, 2.45) is 5.92 Å². The van der Waals surface area contributed by atoms with Gasteiger partial charge in [0.05, 0.1) is 5.69 Å². The van der Waals surface area contributed by atoms with Gasteiger partial charge in [0, 0.05) is 18.8 Å². The minimum absolute atomic E-state index is 0.435. The van der Waals surface area contributed by atoms with Crippen LogP contribution >= 0.6 is 0 Å².